The van der Waals surface area contributed by atoms with Crippen LogP contribution in [0, 0.1) is 5.82 Å². The van der Waals surface area contributed by atoms with Gasteiger partial charge in [-0.15, -0.1) is 0 Å². The Bertz CT molecular complexity index is 589. The molecule has 0 saturated carbocycles. The maximum absolute atomic E-state index is 13.2. The zero-order chi connectivity index (χ0) is 15.3. The molecule has 1 aromatic carbocycles. The third-order valence-electron chi connectivity index (χ3n) is 2.68. The maximum atomic E-state index is 13.2. The molecule has 0 radical (unpaired) electrons. The first-order valence-corrected chi connectivity index (χ1v) is 7.49. The Hall–Kier alpha value is -1.67. The normalized spacial score (nSPS) is 11.6. The summed E-state index contributed by atoms with van der Waals surface area (Å²) in [4.78, 5) is 10.8. The van der Waals surface area contributed by atoms with Gasteiger partial charge in [0.1, 0.15) is 5.82 Å². The Balaban J connectivity index is 2.92. The number of nitrogens with zero attached hydrogens (tertiary/aromatic N) is 1. The first-order chi connectivity index (χ1) is 9.27. The van der Waals surface area contributed by atoms with Crippen LogP contribution in [0.25, 0.3) is 0 Å². The van der Waals surface area contributed by atoms with E-state index >= 15 is 0 Å². The van der Waals surface area contributed by atoms with Gasteiger partial charge in [0.2, 0.25) is 0 Å². The van der Waals surface area contributed by atoms with Crippen molar-refractivity contribution in [3.63, 3.8) is 0 Å². The number of aromatic carboxylic acids is 1. The molecule has 0 heterocycles. The molecule has 0 aliphatic rings. The highest BCUT2D eigenvalue weighted by molar-refractivity contribution is 7.90. The van der Waals surface area contributed by atoms with Crippen molar-refractivity contribution < 1.29 is 22.7 Å². The number of carbonyl (C=O) groups is 1. The third-order valence-corrected chi connectivity index (χ3v) is 4.18. The summed E-state index contributed by atoms with van der Waals surface area (Å²) in [7, 11) is -2.36. The zero-order valence-electron chi connectivity index (χ0n) is 11.3. The van der Waals surface area contributed by atoms with E-state index in [0.717, 1.165) is 22.9 Å². The number of halogens is 1. The average Bonchev–Trinajstić information content (AvgIpc) is 2.37. The second-order valence-corrected chi connectivity index (χ2v) is 6.06. The third kappa shape index (κ3) is 4.17. The standard InChI is InChI=1S/C12H17FN2O4S/c1-3-4-7-15(2)20(18,19)14-9-5-6-11(13)10(8-9)12(16)17/h5-6,8,14H,3-4,7H2,1-2H3,(H,16,17). The van der Waals surface area contributed by atoms with Gasteiger partial charge in [0, 0.05) is 13.6 Å². The number of hydrogen-bond acceptors (Lipinski definition) is 3. The number of carboxylic acid groups (broad SMARTS) is 1. The van der Waals surface area contributed by atoms with Crippen molar-refractivity contribution in [3.05, 3.63) is 29.6 Å². The van der Waals surface area contributed by atoms with Crippen LogP contribution in [0.2, 0.25) is 0 Å². The van der Waals surface area contributed by atoms with E-state index < -0.39 is 27.6 Å². The lowest BCUT2D eigenvalue weighted by molar-refractivity contribution is 0.0692. The number of benzene rings is 1. The predicted molar refractivity (Wildman–Crippen MR) is 73.4 cm³/mol. The molecular weight excluding hydrogens is 287 g/mol. The molecule has 0 fully saturated rings. The summed E-state index contributed by atoms with van der Waals surface area (Å²) < 4.78 is 40.4. The molecule has 1 aromatic rings. The molecule has 8 heteroatoms. The number of hydrogen-bond donors (Lipinski definition) is 2. The van der Waals surface area contributed by atoms with Crippen molar-refractivity contribution in [1.29, 1.82) is 0 Å². The minimum absolute atomic E-state index is 0.00662. The van der Waals surface area contributed by atoms with Gasteiger partial charge in [-0.3, -0.25) is 4.72 Å². The lowest BCUT2D eigenvalue weighted by atomic mass is 10.2. The van der Waals surface area contributed by atoms with Gasteiger partial charge in [-0.1, -0.05) is 13.3 Å². The zero-order valence-corrected chi connectivity index (χ0v) is 12.1. The van der Waals surface area contributed by atoms with Crippen molar-refractivity contribution in [2.45, 2.75) is 19.8 Å². The fourth-order valence-corrected chi connectivity index (χ4v) is 2.43. The van der Waals surface area contributed by atoms with Gasteiger partial charge in [-0.25, -0.2) is 9.18 Å². The summed E-state index contributed by atoms with van der Waals surface area (Å²) in [6, 6.07) is 3.03. The summed E-state index contributed by atoms with van der Waals surface area (Å²) >= 11 is 0. The Morgan fingerprint density at radius 1 is 1.45 bits per heavy atom. The van der Waals surface area contributed by atoms with Crippen LogP contribution in [0.1, 0.15) is 30.1 Å². The molecule has 0 saturated heterocycles. The number of nitrogens with one attached hydrogen (secondary N) is 1. The van der Waals surface area contributed by atoms with E-state index in [-0.39, 0.29) is 5.69 Å². The topological polar surface area (TPSA) is 86.7 Å². The molecule has 6 nitrogen and oxygen atoms in total. The maximum Gasteiger partial charge on any atom is 0.338 e. The molecule has 0 aliphatic carbocycles. The smallest absolute Gasteiger partial charge is 0.338 e. The highest BCUT2D eigenvalue weighted by Crippen LogP contribution is 2.17. The van der Waals surface area contributed by atoms with Crippen LogP contribution < -0.4 is 4.72 Å². The van der Waals surface area contributed by atoms with Gasteiger partial charge in [-0.05, 0) is 24.6 Å². The lowest BCUT2D eigenvalue weighted by Gasteiger charge is -2.18. The quantitative estimate of drug-likeness (QED) is 0.805. The van der Waals surface area contributed by atoms with Crippen LogP contribution >= 0.6 is 0 Å². The van der Waals surface area contributed by atoms with Gasteiger partial charge in [0.15, 0.2) is 0 Å². The molecule has 112 valence electrons. The first-order valence-electron chi connectivity index (χ1n) is 6.05. The molecule has 0 unspecified atom stereocenters. The van der Waals surface area contributed by atoms with E-state index in [9.17, 15) is 17.6 Å². The van der Waals surface area contributed by atoms with E-state index in [1.165, 1.54) is 13.1 Å². The monoisotopic (exact) mass is 304 g/mol. The second-order valence-electron chi connectivity index (χ2n) is 4.28. The molecule has 0 bridgehead atoms. The molecule has 2 N–H and O–H groups in total. The summed E-state index contributed by atoms with van der Waals surface area (Å²) in [5.41, 5.74) is -0.575. The van der Waals surface area contributed by atoms with Gasteiger partial charge in [0.05, 0.1) is 11.3 Å². The van der Waals surface area contributed by atoms with Crippen molar-refractivity contribution >= 4 is 21.9 Å². The molecule has 0 aromatic heterocycles. The Morgan fingerprint density at radius 2 is 2.10 bits per heavy atom. The van der Waals surface area contributed by atoms with E-state index in [1.54, 1.807) is 0 Å². The highest BCUT2D eigenvalue weighted by atomic mass is 32.2. The van der Waals surface area contributed by atoms with Crippen LogP contribution in [-0.2, 0) is 10.2 Å². The molecule has 1 rings (SSSR count). The van der Waals surface area contributed by atoms with E-state index in [4.69, 9.17) is 5.11 Å². The Labute approximate surface area is 117 Å². The van der Waals surface area contributed by atoms with E-state index in [1.807, 2.05) is 6.92 Å². The number of anilines is 1. The molecule has 0 aliphatic heterocycles. The molecule has 0 amide bonds. The summed E-state index contributed by atoms with van der Waals surface area (Å²) in [6.45, 7) is 2.28. The van der Waals surface area contributed by atoms with Gasteiger partial charge in [0.25, 0.3) is 0 Å². The summed E-state index contributed by atoms with van der Waals surface area (Å²) in [5, 5.41) is 8.79. The number of rotatable bonds is 7. The summed E-state index contributed by atoms with van der Waals surface area (Å²) in [5.74, 6) is -2.37. The first kappa shape index (κ1) is 16.4. The molecule has 0 spiro atoms. The lowest BCUT2D eigenvalue weighted by Crippen LogP contribution is -2.33. The van der Waals surface area contributed by atoms with Crippen molar-refractivity contribution in [1.82, 2.24) is 4.31 Å². The largest absolute Gasteiger partial charge is 0.478 e. The van der Waals surface area contributed by atoms with Crippen LogP contribution in [0.5, 0.6) is 0 Å². The van der Waals surface area contributed by atoms with Gasteiger partial charge < -0.3 is 5.11 Å². The van der Waals surface area contributed by atoms with Crippen LogP contribution in [0.4, 0.5) is 10.1 Å². The SMILES string of the molecule is CCCCN(C)S(=O)(=O)Nc1ccc(F)c(C(=O)O)c1. The van der Waals surface area contributed by atoms with E-state index in [0.29, 0.717) is 13.0 Å². The van der Waals surface area contributed by atoms with Crippen molar-refractivity contribution in [2.75, 3.05) is 18.3 Å². The van der Waals surface area contributed by atoms with Crippen LogP contribution in [0.15, 0.2) is 18.2 Å². The molecular formula is C12H17FN2O4S. The molecule has 0 atom stereocenters. The minimum Gasteiger partial charge on any atom is -0.478 e. The number of carboxylic acids is 1. The van der Waals surface area contributed by atoms with Crippen molar-refractivity contribution in [2.24, 2.45) is 0 Å². The fraction of sp³-hybridized carbons (Fsp3) is 0.417. The Morgan fingerprint density at radius 3 is 2.65 bits per heavy atom. The minimum atomic E-state index is -3.77. The van der Waals surface area contributed by atoms with Gasteiger partial charge >= 0.3 is 16.2 Å². The number of unbranched alkanes of at least 4 members (excludes halogenated alkanes) is 1. The average molecular weight is 304 g/mol. The second kappa shape index (κ2) is 6.67. The summed E-state index contributed by atoms with van der Waals surface area (Å²) in [6.07, 6.45) is 1.56. The highest BCUT2D eigenvalue weighted by Gasteiger charge is 2.18. The van der Waals surface area contributed by atoms with E-state index in [2.05, 4.69) is 4.72 Å². The van der Waals surface area contributed by atoms with Crippen LogP contribution in [-0.4, -0.2) is 37.4 Å². The molecule has 20 heavy (non-hydrogen) atoms. The van der Waals surface area contributed by atoms with Crippen molar-refractivity contribution in [3.8, 4) is 0 Å². The predicted octanol–water partition coefficient (Wildman–Crippen LogP) is 1.91. The fourth-order valence-electron chi connectivity index (χ4n) is 1.48. The van der Waals surface area contributed by atoms with Crippen LogP contribution in [0.3, 0.4) is 0 Å². The van der Waals surface area contributed by atoms with Gasteiger partial charge in [-0.2, -0.15) is 12.7 Å². The Kier molecular flexibility index (Phi) is 5.46.